The van der Waals surface area contributed by atoms with Crippen molar-refractivity contribution in [1.29, 1.82) is 0 Å². The zero-order valence-electron chi connectivity index (χ0n) is 10.9. The van der Waals surface area contributed by atoms with Crippen molar-refractivity contribution >= 4 is 11.9 Å². The van der Waals surface area contributed by atoms with Crippen LogP contribution in [0.25, 0.3) is 0 Å². The van der Waals surface area contributed by atoms with Gasteiger partial charge in [0.05, 0.1) is 17.0 Å². The largest absolute Gasteiger partial charge is 0.480 e. The lowest BCUT2D eigenvalue weighted by Gasteiger charge is -2.21. The van der Waals surface area contributed by atoms with Crippen molar-refractivity contribution in [3.05, 3.63) is 23.0 Å². The van der Waals surface area contributed by atoms with Gasteiger partial charge in [-0.2, -0.15) is 10.2 Å². The number of carboxylic acid groups (broad SMARTS) is 1. The van der Waals surface area contributed by atoms with E-state index in [0.29, 0.717) is 23.4 Å². The highest BCUT2D eigenvalue weighted by molar-refractivity contribution is 5.98. The van der Waals surface area contributed by atoms with Gasteiger partial charge in [0.25, 0.3) is 5.91 Å². The normalized spacial score (nSPS) is 11.1. The number of hydrogen-bond donors (Lipinski definition) is 2. The molecule has 0 unspecified atom stereocenters. The Hall–Kier alpha value is -1.98. The van der Waals surface area contributed by atoms with Crippen LogP contribution < -0.4 is 5.32 Å². The van der Waals surface area contributed by atoms with E-state index in [2.05, 4.69) is 15.5 Å². The fraction of sp³-hybridized carbons (Fsp3) is 0.500. The smallest absolute Gasteiger partial charge is 0.328 e. The van der Waals surface area contributed by atoms with Crippen LogP contribution in [-0.4, -0.2) is 32.7 Å². The van der Waals surface area contributed by atoms with Gasteiger partial charge >= 0.3 is 5.97 Å². The highest BCUT2D eigenvalue weighted by Gasteiger charge is 2.30. The van der Waals surface area contributed by atoms with Crippen LogP contribution in [0, 0.1) is 6.92 Å². The van der Waals surface area contributed by atoms with Crippen LogP contribution in [0.2, 0.25) is 0 Å². The zero-order valence-corrected chi connectivity index (χ0v) is 10.9. The molecule has 0 saturated heterocycles. The molecule has 0 aromatic carbocycles. The Morgan fingerprint density at radius 3 is 2.50 bits per heavy atom. The minimum absolute atomic E-state index is 0.374. The lowest BCUT2D eigenvalue weighted by Crippen LogP contribution is -2.49. The summed E-state index contributed by atoms with van der Waals surface area (Å²) < 4.78 is 0. The molecule has 1 amide bonds. The van der Waals surface area contributed by atoms with Crippen molar-refractivity contribution in [2.24, 2.45) is 0 Å². The maximum absolute atomic E-state index is 12.1. The highest BCUT2D eigenvalue weighted by atomic mass is 16.4. The van der Waals surface area contributed by atoms with Gasteiger partial charge in [-0.15, -0.1) is 0 Å². The van der Waals surface area contributed by atoms with Crippen molar-refractivity contribution < 1.29 is 14.7 Å². The van der Waals surface area contributed by atoms with E-state index in [1.807, 2.05) is 6.92 Å². The van der Waals surface area contributed by atoms with Crippen LogP contribution in [0.5, 0.6) is 0 Å². The summed E-state index contributed by atoms with van der Waals surface area (Å²) in [6.45, 7) is 6.45. The maximum atomic E-state index is 12.1. The van der Waals surface area contributed by atoms with Crippen molar-refractivity contribution in [3.8, 4) is 0 Å². The highest BCUT2D eigenvalue weighted by Crippen LogP contribution is 2.10. The average Bonchev–Trinajstić information content (AvgIpc) is 2.28. The molecule has 0 aliphatic heterocycles. The molecule has 98 valence electrons. The average molecular weight is 251 g/mol. The number of aromatic nitrogens is 2. The number of hydrogen-bond acceptors (Lipinski definition) is 4. The minimum atomic E-state index is -1.32. The van der Waals surface area contributed by atoms with Crippen molar-refractivity contribution in [2.45, 2.75) is 39.7 Å². The third kappa shape index (κ3) is 3.03. The van der Waals surface area contributed by atoms with Crippen LogP contribution in [0.4, 0.5) is 0 Å². The first-order chi connectivity index (χ1) is 8.27. The first-order valence-corrected chi connectivity index (χ1v) is 5.67. The van der Waals surface area contributed by atoms with E-state index in [1.165, 1.54) is 13.8 Å². The van der Waals surface area contributed by atoms with Gasteiger partial charge in [0.2, 0.25) is 0 Å². The molecule has 1 aromatic heterocycles. The monoisotopic (exact) mass is 251 g/mol. The standard InChI is InChI=1S/C12H17N3O3/c1-5-9-8(6-7(2)14-15-9)10(16)13-12(3,4)11(17)18/h6H,5H2,1-4H3,(H,13,16)(H,17,18). The summed E-state index contributed by atoms with van der Waals surface area (Å²) in [7, 11) is 0. The zero-order chi connectivity index (χ0) is 13.9. The number of nitrogens with zero attached hydrogens (tertiary/aromatic N) is 2. The predicted octanol–water partition coefficient (Wildman–Crippen LogP) is 0.940. The fourth-order valence-electron chi connectivity index (χ4n) is 1.38. The second-order valence-corrected chi connectivity index (χ2v) is 4.58. The van der Waals surface area contributed by atoms with Gasteiger partial charge in [-0.25, -0.2) is 4.79 Å². The third-order valence-electron chi connectivity index (χ3n) is 2.53. The second-order valence-electron chi connectivity index (χ2n) is 4.58. The number of nitrogens with one attached hydrogen (secondary N) is 1. The summed E-state index contributed by atoms with van der Waals surface area (Å²) in [5.41, 5.74) is 0.225. The molecule has 6 nitrogen and oxygen atoms in total. The molecular weight excluding hydrogens is 234 g/mol. The molecule has 0 radical (unpaired) electrons. The second kappa shape index (κ2) is 5.12. The molecule has 6 heteroatoms. The van der Waals surface area contributed by atoms with Gasteiger partial charge in [0, 0.05) is 0 Å². The summed E-state index contributed by atoms with van der Waals surface area (Å²) in [4.78, 5) is 23.0. The van der Waals surface area contributed by atoms with Gasteiger partial charge in [-0.3, -0.25) is 4.79 Å². The van der Waals surface area contributed by atoms with Gasteiger partial charge in [-0.05, 0) is 33.3 Å². The molecule has 0 fully saturated rings. The van der Waals surface area contributed by atoms with Crippen LogP contribution in [0.3, 0.4) is 0 Å². The Morgan fingerprint density at radius 1 is 1.39 bits per heavy atom. The molecule has 1 heterocycles. The Labute approximate surface area is 105 Å². The van der Waals surface area contributed by atoms with Crippen LogP contribution in [0.15, 0.2) is 6.07 Å². The molecule has 2 N–H and O–H groups in total. The number of carbonyl (C=O) groups is 2. The Bertz CT molecular complexity index is 483. The van der Waals surface area contributed by atoms with E-state index >= 15 is 0 Å². The van der Waals surface area contributed by atoms with Crippen molar-refractivity contribution in [2.75, 3.05) is 0 Å². The van der Waals surface area contributed by atoms with E-state index < -0.39 is 17.4 Å². The molecule has 1 aromatic rings. The number of carbonyl (C=O) groups excluding carboxylic acids is 1. The third-order valence-corrected chi connectivity index (χ3v) is 2.53. The molecular formula is C12H17N3O3. The van der Waals surface area contributed by atoms with Gasteiger partial charge in [-0.1, -0.05) is 6.92 Å². The molecule has 0 spiro atoms. The van der Waals surface area contributed by atoms with Gasteiger partial charge in [0.1, 0.15) is 5.54 Å². The Morgan fingerprint density at radius 2 is 2.00 bits per heavy atom. The van der Waals surface area contributed by atoms with Crippen LogP contribution in [0.1, 0.15) is 42.5 Å². The van der Waals surface area contributed by atoms with E-state index in [1.54, 1.807) is 13.0 Å². The topological polar surface area (TPSA) is 92.2 Å². The number of amides is 1. The van der Waals surface area contributed by atoms with Gasteiger partial charge < -0.3 is 10.4 Å². The maximum Gasteiger partial charge on any atom is 0.328 e. The van der Waals surface area contributed by atoms with E-state index in [9.17, 15) is 9.59 Å². The van der Waals surface area contributed by atoms with Crippen LogP contribution in [-0.2, 0) is 11.2 Å². The van der Waals surface area contributed by atoms with E-state index in [-0.39, 0.29) is 0 Å². The Balaban J connectivity index is 3.04. The lowest BCUT2D eigenvalue weighted by molar-refractivity contribution is -0.143. The number of aryl methyl sites for hydroxylation is 2. The van der Waals surface area contributed by atoms with Crippen molar-refractivity contribution in [3.63, 3.8) is 0 Å². The van der Waals surface area contributed by atoms with Crippen LogP contribution >= 0.6 is 0 Å². The molecule has 0 aliphatic carbocycles. The van der Waals surface area contributed by atoms with Crippen molar-refractivity contribution in [1.82, 2.24) is 15.5 Å². The SMILES string of the molecule is CCc1nnc(C)cc1C(=O)NC(C)(C)C(=O)O. The Kier molecular flexibility index (Phi) is 4.00. The molecule has 18 heavy (non-hydrogen) atoms. The number of aliphatic carboxylic acids is 1. The minimum Gasteiger partial charge on any atom is -0.480 e. The predicted molar refractivity (Wildman–Crippen MR) is 65.3 cm³/mol. The molecule has 0 bridgehead atoms. The number of carboxylic acids is 1. The van der Waals surface area contributed by atoms with E-state index in [0.717, 1.165) is 0 Å². The summed E-state index contributed by atoms with van der Waals surface area (Å²) in [5.74, 6) is -1.54. The molecule has 0 aliphatic rings. The lowest BCUT2D eigenvalue weighted by atomic mass is 10.0. The summed E-state index contributed by atoms with van der Waals surface area (Å²) in [5, 5.41) is 19.3. The molecule has 0 saturated carbocycles. The quantitative estimate of drug-likeness (QED) is 0.830. The summed E-state index contributed by atoms with van der Waals surface area (Å²) >= 11 is 0. The van der Waals surface area contributed by atoms with Gasteiger partial charge in [0.15, 0.2) is 0 Å². The molecule has 0 atom stereocenters. The first kappa shape index (κ1) is 14.1. The first-order valence-electron chi connectivity index (χ1n) is 5.67. The summed E-state index contributed by atoms with van der Waals surface area (Å²) in [6, 6.07) is 1.61. The molecule has 1 rings (SSSR count). The fourth-order valence-corrected chi connectivity index (χ4v) is 1.38. The van der Waals surface area contributed by atoms with E-state index in [4.69, 9.17) is 5.11 Å². The number of rotatable bonds is 4. The summed E-state index contributed by atoms with van der Waals surface area (Å²) in [6.07, 6.45) is 0.559.